The Morgan fingerprint density at radius 3 is 2.48 bits per heavy atom. The van der Waals surface area contributed by atoms with E-state index in [0.29, 0.717) is 0 Å². The molecule has 0 aromatic heterocycles. The Bertz CT molecular complexity index is 476. The molecule has 7 nitrogen and oxygen atoms in total. The number of esters is 1. The summed E-state index contributed by atoms with van der Waals surface area (Å²) < 4.78 is 4.68. The number of phenolic OH excluding ortho intramolecular Hbond substituents is 1. The molecule has 0 saturated heterocycles. The quantitative estimate of drug-likeness (QED) is 0.491. The Balaban J connectivity index is 2.70. The fourth-order valence-corrected chi connectivity index (χ4v) is 1.78. The van der Waals surface area contributed by atoms with Crippen molar-refractivity contribution >= 4 is 11.9 Å². The first-order valence-electron chi connectivity index (χ1n) is 6.57. The first-order chi connectivity index (χ1) is 9.96. The van der Waals surface area contributed by atoms with E-state index in [9.17, 15) is 14.7 Å². The van der Waals surface area contributed by atoms with E-state index in [1.54, 1.807) is 12.1 Å². The van der Waals surface area contributed by atoms with Crippen LogP contribution in [0.25, 0.3) is 0 Å². The molecular weight excluding hydrogens is 274 g/mol. The molecule has 0 radical (unpaired) electrons. The Hall–Kier alpha value is -2.12. The molecule has 0 bridgehead atoms. The number of ether oxygens (including phenoxy) is 1. The summed E-state index contributed by atoms with van der Waals surface area (Å²) in [6.07, 6.45) is 0.302. The number of nitrogens with two attached hydrogens (primary N) is 2. The fraction of sp³-hybridized carbons (Fsp3) is 0.429. The lowest BCUT2D eigenvalue weighted by Crippen LogP contribution is -2.45. The summed E-state index contributed by atoms with van der Waals surface area (Å²) in [7, 11) is 1.25. The Labute approximate surface area is 123 Å². The van der Waals surface area contributed by atoms with Crippen LogP contribution >= 0.6 is 0 Å². The predicted molar refractivity (Wildman–Crippen MR) is 77.4 cm³/mol. The van der Waals surface area contributed by atoms with Crippen molar-refractivity contribution in [2.45, 2.75) is 24.9 Å². The lowest BCUT2D eigenvalue weighted by atomic mass is 10.1. The van der Waals surface area contributed by atoms with Gasteiger partial charge in [0, 0.05) is 25.4 Å². The number of carbonyl (C=O) groups is 2. The van der Waals surface area contributed by atoms with Crippen LogP contribution < -0.4 is 16.8 Å². The van der Waals surface area contributed by atoms with E-state index in [1.165, 1.54) is 19.2 Å². The van der Waals surface area contributed by atoms with Crippen molar-refractivity contribution in [1.82, 2.24) is 5.32 Å². The maximum absolute atomic E-state index is 11.8. The molecule has 0 aliphatic heterocycles. The van der Waals surface area contributed by atoms with Crippen LogP contribution in [0.2, 0.25) is 0 Å². The zero-order valence-corrected chi connectivity index (χ0v) is 11.9. The maximum atomic E-state index is 11.8. The zero-order chi connectivity index (χ0) is 15.8. The molecule has 0 spiro atoms. The Morgan fingerprint density at radius 2 is 1.95 bits per heavy atom. The number of hydrogen-bond acceptors (Lipinski definition) is 6. The molecule has 7 heteroatoms. The van der Waals surface area contributed by atoms with Crippen molar-refractivity contribution in [2.24, 2.45) is 11.5 Å². The van der Waals surface area contributed by atoms with E-state index >= 15 is 0 Å². The van der Waals surface area contributed by atoms with Crippen LogP contribution in [0.1, 0.15) is 12.0 Å². The minimum absolute atomic E-state index is 0.0412. The van der Waals surface area contributed by atoms with Crippen LogP contribution in [0, 0.1) is 0 Å². The van der Waals surface area contributed by atoms with Gasteiger partial charge in [-0.2, -0.15) is 0 Å². The summed E-state index contributed by atoms with van der Waals surface area (Å²) in [5.74, 6) is -0.772. The van der Waals surface area contributed by atoms with Gasteiger partial charge in [-0.3, -0.25) is 4.79 Å². The normalized spacial score (nSPS) is 13.3. The topological polar surface area (TPSA) is 128 Å². The average Bonchev–Trinajstić information content (AvgIpc) is 2.47. The molecule has 0 fully saturated rings. The van der Waals surface area contributed by atoms with Gasteiger partial charge in [-0.15, -0.1) is 0 Å². The average molecular weight is 295 g/mol. The number of amides is 1. The van der Waals surface area contributed by atoms with Gasteiger partial charge in [-0.05, 0) is 17.7 Å². The summed E-state index contributed by atoms with van der Waals surface area (Å²) >= 11 is 0. The largest absolute Gasteiger partial charge is 0.508 e. The molecule has 1 aromatic carbocycles. The molecule has 21 heavy (non-hydrogen) atoms. The van der Waals surface area contributed by atoms with Crippen molar-refractivity contribution in [1.29, 1.82) is 0 Å². The highest BCUT2D eigenvalue weighted by Gasteiger charge is 2.22. The third kappa shape index (κ3) is 5.80. The van der Waals surface area contributed by atoms with E-state index < -0.39 is 18.1 Å². The Kier molecular flexibility index (Phi) is 6.64. The van der Waals surface area contributed by atoms with E-state index in [2.05, 4.69) is 10.1 Å². The summed E-state index contributed by atoms with van der Waals surface area (Å²) in [5, 5.41) is 11.8. The number of nitrogens with one attached hydrogen (secondary N) is 1. The van der Waals surface area contributed by atoms with Crippen LogP contribution in [0.15, 0.2) is 24.3 Å². The van der Waals surface area contributed by atoms with Gasteiger partial charge in [-0.1, -0.05) is 12.1 Å². The van der Waals surface area contributed by atoms with Crippen molar-refractivity contribution in [2.75, 3.05) is 13.7 Å². The third-order valence-electron chi connectivity index (χ3n) is 2.95. The van der Waals surface area contributed by atoms with Crippen LogP contribution in [0.5, 0.6) is 5.75 Å². The molecule has 0 unspecified atom stereocenters. The molecular formula is C14H21N3O4. The second-order valence-electron chi connectivity index (χ2n) is 4.71. The number of phenols is 1. The standard InChI is InChI=1S/C14H21N3O4/c1-21-14(20)12(17-13(19)7-10(16)8-15)6-9-2-4-11(18)5-3-9/h2-5,10,12,18H,6-8,15-16H2,1H3,(H,17,19)/t10-,12+/m1/s1. The van der Waals surface area contributed by atoms with Crippen molar-refractivity contribution in [3.05, 3.63) is 29.8 Å². The van der Waals surface area contributed by atoms with Gasteiger partial charge < -0.3 is 26.6 Å². The maximum Gasteiger partial charge on any atom is 0.328 e. The van der Waals surface area contributed by atoms with Crippen LogP contribution in [0.3, 0.4) is 0 Å². The van der Waals surface area contributed by atoms with Gasteiger partial charge in [0.05, 0.1) is 7.11 Å². The molecule has 0 aliphatic carbocycles. The molecule has 1 aromatic rings. The third-order valence-corrected chi connectivity index (χ3v) is 2.95. The molecule has 0 aliphatic rings. The number of methoxy groups -OCH3 is 1. The van der Waals surface area contributed by atoms with Crippen LogP contribution in [-0.2, 0) is 20.7 Å². The summed E-state index contributed by atoms with van der Waals surface area (Å²) in [6, 6.07) is 5.10. The lowest BCUT2D eigenvalue weighted by molar-refractivity contribution is -0.145. The Morgan fingerprint density at radius 1 is 1.33 bits per heavy atom. The zero-order valence-electron chi connectivity index (χ0n) is 11.9. The second-order valence-corrected chi connectivity index (χ2v) is 4.71. The first-order valence-corrected chi connectivity index (χ1v) is 6.57. The van der Waals surface area contributed by atoms with E-state index in [-0.39, 0.29) is 31.0 Å². The minimum Gasteiger partial charge on any atom is -0.508 e. The highest BCUT2D eigenvalue weighted by Crippen LogP contribution is 2.12. The SMILES string of the molecule is COC(=O)[C@H](Cc1ccc(O)cc1)NC(=O)C[C@@H](N)CN. The smallest absolute Gasteiger partial charge is 0.328 e. The van der Waals surface area contributed by atoms with Gasteiger partial charge in [-0.25, -0.2) is 4.79 Å². The molecule has 1 amide bonds. The number of carbonyl (C=O) groups excluding carboxylic acids is 2. The van der Waals surface area contributed by atoms with E-state index in [4.69, 9.17) is 11.5 Å². The van der Waals surface area contributed by atoms with Gasteiger partial charge in [0.25, 0.3) is 0 Å². The van der Waals surface area contributed by atoms with Gasteiger partial charge >= 0.3 is 5.97 Å². The highest BCUT2D eigenvalue weighted by molar-refractivity contribution is 5.84. The van der Waals surface area contributed by atoms with Crippen LogP contribution in [-0.4, -0.2) is 42.7 Å². The van der Waals surface area contributed by atoms with Crippen molar-refractivity contribution < 1.29 is 19.4 Å². The number of hydrogen-bond donors (Lipinski definition) is 4. The predicted octanol–water partition coefficient (Wildman–Crippen LogP) is -0.731. The monoisotopic (exact) mass is 295 g/mol. The number of aromatic hydroxyl groups is 1. The molecule has 1 rings (SSSR count). The summed E-state index contributed by atoms with van der Waals surface area (Å²) in [6.45, 7) is 0.189. The van der Waals surface area contributed by atoms with Crippen molar-refractivity contribution in [3.8, 4) is 5.75 Å². The molecule has 116 valence electrons. The van der Waals surface area contributed by atoms with Gasteiger partial charge in [0.1, 0.15) is 11.8 Å². The van der Waals surface area contributed by atoms with Crippen molar-refractivity contribution in [3.63, 3.8) is 0 Å². The lowest BCUT2D eigenvalue weighted by Gasteiger charge is -2.18. The summed E-state index contributed by atoms with van der Waals surface area (Å²) in [5.41, 5.74) is 11.7. The number of rotatable bonds is 7. The van der Waals surface area contributed by atoms with Crippen LogP contribution in [0.4, 0.5) is 0 Å². The van der Waals surface area contributed by atoms with E-state index in [1.807, 2.05) is 0 Å². The second kappa shape index (κ2) is 8.23. The first kappa shape index (κ1) is 16.9. The van der Waals surface area contributed by atoms with Gasteiger partial charge in [0.15, 0.2) is 0 Å². The molecule has 2 atom stereocenters. The van der Waals surface area contributed by atoms with E-state index in [0.717, 1.165) is 5.56 Å². The molecule has 0 saturated carbocycles. The van der Waals surface area contributed by atoms with Gasteiger partial charge in [0.2, 0.25) is 5.91 Å². The molecule has 6 N–H and O–H groups in total. The number of benzene rings is 1. The molecule has 0 heterocycles. The fourth-order valence-electron chi connectivity index (χ4n) is 1.78. The minimum atomic E-state index is -0.808. The summed E-state index contributed by atoms with van der Waals surface area (Å²) in [4.78, 5) is 23.5. The highest BCUT2D eigenvalue weighted by atomic mass is 16.5.